The lowest BCUT2D eigenvalue weighted by molar-refractivity contribution is -0.118. The zero-order valence-electron chi connectivity index (χ0n) is 14.4. The average Bonchev–Trinajstić information content (AvgIpc) is 2.87. The first kappa shape index (κ1) is 19.9. The molecular formula is C16H24N2O5S2. The molecule has 2 rings (SSSR count). The predicted octanol–water partition coefficient (Wildman–Crippen LogP) is -0.0860. The average molecular weight is 389 g/mol. The van der Waals surface area contributed by atoms with E-state index < -0.39 is 31.0 Å². The van der Waals surface area contributed by atoms with Crippen molar-refractivity contribution in [2.45, 2.75) is 36.5 Å². The Morgan fingerprint density at radius 3 is 2.36 bits per heavy atom. The van der Waals surface area contributed by atoms with Crippen molar-refractivity contribution in [2.24, 2.45) is 0 Å². The molecule has 2 atom stereocenters. The van der Waals surface area contributed by atoms with Crippen LogP contribution in [0.25, 0.3) is 0 Å². The van der Waals surface area contributed by atoms with E-state index in [1.165, 1.54) is 19.1 Å². The molecule has 1 saturated heterocycles. The maximum absolute atomic E-state index is 12.9. The zero-order chi connectivity index (χ0) is 18.7. The third-order valence-electron chi connectivity index (χ3n) is 4.26. The Morgan fingerprint density at radius 1 is 1.16 bits per heavy atom. The van der Waals surface area contributed by atoms with Crippen LogP contribution in [-0.4, -0.2) is 58.6 Å². The standard InChI is InChI=1S/C16H24N2O5S2/c1-3-13-4-6-14(7-5-13)25(22,23)16-11-24(20,21)10-15(16)18-9-8-17-12(2)19/h4-7,15-16,18H,3,8-11H2,1-2H3,(H,17,19)/t15-,16-/m0/s1. The van der Waals surface area contributed by atoms with Crippen LogP contribution >= 0.6 is 0 Å². The molecule has 1 aliphatic rings. The summed E-state index contributed by atoms with van der Waals surface area (Å²) in [6.07, 6.45) is 0.797. The molecule has 9 heteroatoms. The molecule has 0 radical (unpaired) electrons. The third kappa shape index (κ3) is 5.02. The second-order valence-electron chi connectivity index (χ2n) is 6.20. The summed E-state index contributed by atoms with van der Waals surface area (Å²) in [6, 6.07) is 5.88. The monoisotopic (exact) mass is 388 g/mol. The van der Waals surface area contributed by atoms with Crippen molar-refractivity contribution in [1.82, 2.24) is 10.6 Å². The second-order valence-corrected chi connectivity index (χ2v) is 10.5. The Hall–Kier alpha value is -1.45. The number of hydrogen-bond acceptors (Lipinski definition) is 6. The van der Waals surface area contributed by atoms with Crippen molar-refractivity contribution in [3.8, 4) is 0 Å². The summed E-state index contributed by atoms with van der Waals surface area (Å²) in [6.45, 7) is 3.97. The minimum absolute atomic E-state index is 0.139. The summed E-state index contributed by atoms with van der Waals surface area (Å²) >= 11 is 0. The molecule has 0 saturated carbocycles. The smallest absolute Gasteiger partial charge is 0.216 e. The van der Waals surface area contributed by atoms with Gasteiger partial charge in [-0.15, -0.1) is 0 Å². The topological polar surface area (TPSA) is 109 Å². The highest BCUT2D eigenvalue weighted by Gasteiger charge is 2.45. The molecule has 0 aliphatic carbocycles. The van der Waals surface area contributed by atoms with Gasteiger partial charge in [0.05, 0.1) is 21.7 Å². The number of nitrogens with one attached hydrogen (secondary N) is 2. The minimum Gasteiger partial charge on any atom is -0.355 e. The molecule has 0 unspecified atom stereocenters. The van der Waals surface area contributed by atoms with Crippen LogP contribution < -0.4 is 10.6 Å². The fourth-order valence-electron chi connectivity index (χ4n) is 2.90. The second kappa shape index (κ2) is 7.84. The summed E-state index contributed by atoms with van der Waals surface area (Å²) in [5.74, 6) is -0.798. The van der Waals surface area contributed by atoms with Gasteiger partial charge in [-0.25, -0.2) is 16.8 Å². The van der Waals surface area contributed by atoms with Crippen molar-refractivity contribution in [1.29, 1.82) is 0 Å². The van der Waals surface area contributed by atoms with Gasteiger partial charge in [-0.3, -0.25) is 4.79 Å². The fraction of sp³-hybridized carbons (Fsp3) is 0.562. The molecule has 0 spiro atoms. The Morgan fingerprint density at radius 2 is 1.80 bits per heavy atom. The van der Waals surface area contributed by atoms with Gasteiger partial charge in [0, 0.05) is 26.1 Å². The van der Waals surface area contributed by atoms with E-state index in [1.807, 2.05) is 6.92 Å². The maximum atomic E-state index is 12.9. The highest BCUT2D eigenvalue weighted by Crippen LogP contribution is 2.26. The predicted molar refractivity (Wildman–Crippen MR) is 95.9 cm³/mol. The van der Waals surface area contributed by atoms with E-state index in [1.54, 1.807) is 12.1 Å². The first-order valence-electron chi connectivity index (χ1n) is 8.17. The number of benzene rings is 1. The largest absolute Gasteiger partial charge is 0.355 e. The fourth-order valence-corrected chi connectivity index (χ4v) is 7.61. The van der Waals surface area contributed by atoms with Crippen LogP contribution in [0.4, 0.5) is 0 Å². The molecule has 2 N–H and O–H groups in total. The first-order chi connectivity index (χ1) is 11.7. The van der Waals surface area contributed by atoms with Crippen LogP contribution in [0, 0.1) is 0 Å². The zero-order valence-corrected chi connectivity index (χ0v) is 16.0. The van der Waals surface area contributed by atoms with Gasteiger partial charge < -0.3 is 10.6 Å². The first-order valence-corrected chi connectivity index (χ1v) is 11.5. The van der Waals surface area contributed by atoms with Gasteiger partial charge in [0.1, 0.15) is 0 Å². The maximum Gasteiger partial charge on any atom is 0.216 e. The van der Waals surface area contributed by atoms with Gasteiger partial charge in [0.2, 0.25) is 5.91 Å². The number of rotatable bonds is 7. The third-order valence-corrected chi connectivity index (χ3v) is 8.43. The van der Waals surface area contributed by atoms with E-state index in [0.717, 1.165) is 12.0 Å². The summed E-state index contributed by atoms with van der Waals surface area (Å²) in [5.41, 5.74) is 1.02. The van der Waals surface area contributed by atoms with Crippen molar-refractivity contribution in [3.05, 3.63) is 29.8 Å². The van der Waals surface area contributed by atoms with Crippen LogP contribution in [0.5, 0.6) is 0 Å². The summed E-state index contributed by atoms with van der Waals surface area (Å²) in [5, 5.41) is 4.53. The summed E-state index contributed by atoms with van der Waals surface area (Å²) < 4.78 is 49.8. The summed E-state index contributed by atoms with van der Waals surface area (Å²) in [7, 11) is -7.20. The van der Waals surface area contributed by atoms with Gasteiger partial charge >= 0.3 is 0 Å². The van der Waals surface area contributed by atoms with Crippen LogP contribution in [0.15, 0.2) is 29.2 Å². The van der Waals surface area contributed by atoms with Gasteiger partial charge in [0.15, 0.2) is 19.7 Å². The molecule has 1 aliphatic heterocycles. The molecule has 0 aromatic heterocycles. The van der Waals surface area contributed by atoms with E-state index in [-0.39, 0.29) is 22.3 Å². The van der Waals surface area contributed by atoms with Crippen molar-refractivity contribution >= 4 is 25.6 Å². The SMILES string of the molecule is CCc1ccc(S(=O)(=O)[C@H]2CS(=O)(=O)C[C@@H]2NCCNC(C)=O)cc1. The van der Waals surface area contributed by atoms with Crippen LogP contribution in [0.3, 0.4) is 0 Å². The molecule has 1 fully saturated rings. The van der Waals surface area contributed by atoms with Gasteiger partial charge in [-0.2, -0.15) is 0 Å². The molecule has 0 bridgehead atoms. The van der Waals surface area contributed by atoms with E-state index in [0.29, 0.717) is 13.1 Å². The van der Waals surface area contributed by atoms with Crippen LogP contribution in [0.1, 0.15) is 19.4 Å². The Bertz CT molecular complexity index is 817. The molecule has 25 heavy (non-hydrogen) atoms. The Labute approximate surface area is 149 Å². The molecule has 7 nitrogen and oxygen atoms in total. The number of carbonyl (C=O) groups excluding carboxylic acids is 1. The normalized spacial score (nSPS) is 22.6. The van der Waals surface area contributed by atoms with Gasteiger partial charge in [-0.05, 0) is 24.1 Å². The number of aryl methyl sites for hydroxylation is 1. The lowest BCUT2D eigenvalue weighted by Crippen LogP contribution is -2.45. The molecule has 1 aromatic rings. The van der Waals surface area contributed by atoms with Crippen molar-refractivity contribution in [2.75, 3.05) is 24.6 Å². The van der Waals surface area contributed by atoms with E-state index in [9.17, 15) is 21.6 Å². The van der Waals surface area contributed by atoms with Crippen molar-refractivity contribution < 1.29 is 21.6 Å². The Kier molecular flexibility index (Phi) is 6.23. The lowest BCUT2D eigenvalue weighted by atomic mass is 10.2. The van der Waals surface area contributed by atoms with Gasteiger partial charge in [0.25, 0.3) is 0 Å². The molecule has 1 amide bonds. The lowest BCUT2D eigenvalue weighted by Gasteiger charge is -2.20. The Balaban J connectivity index is 2.18. The van der Waals surface area contributed by atoms with Crippen LogP contribution in [-0.2, 0) is 30.9 Å². The van der Waals surface area contributed by atoms with Crippen molar-refractivity contribution in [3.63, 3.8) is 0 Å². The quantitative estimate of drug-likeness (QED) is 0.632. The highest BCUT2D eigenvalue weighted by molar-refractivity contribution is 7.96. The molecule has 1 aromatic carbocycles. The number of hydrogen-bond donors (Lipinski definition) is 2. The number of carbonyl (C=O) groups is 1. The molecule has 140 valence electrons. The van der Waals surface area contributed by atoms with E-state index in [4.69, 9.17) is 0 Å². The summed E-state index contributed by atoms with van der Waals surface area (Å²) in [4.78, 5) is 11.0. The minimum atomic E-state index is -3.77. The molecule has 1 heterocycles. The molecular weight excluding hydrogens is 364 g/mol. The van der Waals surface area contributed by atoms with E-state index in [2.05, 4.69) is 10.6 Å². The van der Waals surface area contributed by atoms with Crippen LogP contribution in [0.2, 0.25) is 0 Å². The number of sulfone groups is 2. The van der Waals surface area contributed by atoms with E-state index >= 15 is 0 Å². The van der Waals surface area contributed by atoms with Gasteiger partial charge in [-0.1, -0.05) is 19.1 Å². The highest BCUT2D eigenvalue weighted by atomic mass is 32.2. The number of amides is 1.